The fourth-order valence-electron chi connectivity index (χ4n) is 2.46. The van der Waals surface area contributed by atoms with E-state index in [0.29, 0.717) is 0 Å². The van der Waals surface area contributed by atoms with Crippen molar-refractivity contribution >= 4 is 0 Å². The summed E-state index contributed by atoms with van der Waals surface area (Å²) in [6.07, 6.45) is 3.39. The van der Waals surface area contributed by atoms with Gasteiger partial charge in [0.1, 0.15) is 5.75 Å². The molecule has 1 saturated carbocycles. The summed E-state index contributed by atoms with van der Waals surface area (Å²) >= 11 is 0. The number of ether oxygens (including phenoxy) is 1. The molecule has 0 spiro atoms. The topological polar surface area (TPSA) is 32.7 Å². The van der Waals surface area contributed by atoms with Crippen LogP contribution in [-0.2, 0) is 6.54 Å². The Morgan fingerprint density at radius 2 is 2.06 bits per heavy atom. The van der Waals surface area contributed by atoms with E-state index in [0.717, 1.165) is 44.3 Å². The summed E-state index contributed by atoms with van der Waals surface area (Å²) in [5.41, 5.74) is 1.24. The van der Waals surface area contributed by atoms with Crippen molar-refractivity contribution in [2.24, 2.45) is 5.92 Å². The average molecular weight is 247 g/mol. The molecular weight excluding hydrogens is 226 g/mol. The molecule has 18 heavy (non-hydrogen) atoms. The zero-order valence-corrected chi connectivity index (χ0v) is 10.7. The van der Waals surface area contributed by atoms with Crippen molar-refractivity contribution in [1.29, 1.82) is 0 Å². The smallest absolute Gasteiger partial charge is 0.123 e. The Morgan fingerprint density at radius 1 is 1.22 bits per heavy atom. The predicted octanol–water partition coefficient (Wildman–Crippen LogP) is 2.04. The molecule has 1 aliphatic carbocycles. The first-order chi connectivity index (χ1) is 8.81. The van der Waals surface area contributed by atoms with E-state index >= 15 is 0 Å². The molecule has 3 rings (SSSR count). The molecule has 1 saturated heterocycles. The number of β-amino-alcohol motifs (C(OH)–C–C–N with tert-alkyl or cyclic N) is 1. The van der Waals surface area contributed by atoms with Gasteiger partial charge in [-0.25, -0.2) is 0 Å². The van der Waals surface area contributed by atoms with Crippen LogP contribution in [-0.4, -0.2) is 35.8 Å². The number of aliphatic hydroxyl groups excluding tert-OH is 1. The highest BCUT2D eigenvalue weighted by Crippen LogP contribution is 2.30. The van der Waals surface area contributed by atoms with Gasteiger partial charge in [-0.3, -0.25) is 4.90 Å². The molecule has 1 heterocycles. The molecule has 1 aromatic carbocycles. The summed E-state index contributed by atoms with van der Waals surface area (Å²) < 4.78 is 5.91. The summed E-state index contributed by atoms with van der Waals surface area (Å²) in [4.78, 5) is 2.30. The van der Waals surface area contributed by atoms with E-state index < -0.39 is 0 Å². The number of rotatable bonds is 5. The van der Waals surface area contributed by atoms with Crippen molar-refractivity contribution in [2.45, 2.75) is 31.9 Å². The van der Waals surface area contributed by atoms with Gasteiger partial charge in [-0.05, 0) is 31.2 Å². The highest BCUT2D eigenvalue weighted by molar-refractivity contribution is 5.33. The molecule has 3 nitrogen and oxygen atoms in total. The second-order valence-corrected chi connectivity index (χ2v) is 5.54. The van der Waals surface area contributed by atoms with Crippen LogP contribution >= 0.6 is 0 Å². The van der Waals surface area contributed by atoms with Crippen molar-refractivity contribution in [3.8, 4) is 5.75 Å². The molecule has 2 aliphatic rings. The van der Waals surface area contributed by atoms with E-state index in [4.69, 9.17) is 4.74 Å². The van der Waals surface area contributed by atoms with Gasteiger partial charge < -0.3 is 9.84 Å². The lowest BCUT2D eigenvalue weighted by molar-refractivity contribution is 0.174. The highest BCUT2D eigenvalue weighted by Gasteiger charge is 2.23. The van der Waals surface area contributed by atoms with Crippen LogP contribution in [0.1, 0.15) is 24.8 Å². The van der Waals surface area contributed by atoms with Crippen LogP contribution in [0.4, 0.5) is 0 Å². The highest BCUT2D eigenvalue weighted by atomic mass is 16.5. The van der Waals surface area contributed by atoms with Gasteiger partial charge in [0.2, 0.25) is 0 Å². The van der Waals surface area contributed by atoms with Crippen LogP contribution in [0.5, 0.6) is 5.75 Å². The standard InChI is InChI=1S/C15H21NO2/c17-14-7-8-16(10-14)9-13-3-1-2-4-15(13)18-11-12-5-6-12/h1-4,12,14,17H,5-11H2/t14-/m0/s1. The van der Waals surface area contributed by atoms with Gasteiger partial charge in [0, 0.05) is 25.2 Å². The number of hydrogen-bond donors (Lipinski definition) is 1. The summed E-state index contributed by atoms with van der Waals surface area (Å²) in [7, 11) is 0. The van der Waals surface area contributed by atoms with Crippen molar-refractivity contribution in [3.05, 3.63) is 29.8 Å². The van der Waals surface area contributed by atoms with Crippen molar-refractivity contribution in [2.75, 3.05) is 19.7 Å². The van der Waals surface area contributed by atoms with Crippen LogP contribution in [0, 0.1) is 5.92 Å². The van der Waals surface area contributed by atoms with Gasteiger partial charge in [0.05, 0.1) is 12.7 Å². The minimum absolute atomic E-state index is 0.149. The third-order valence-electron chi connectivity index (χ3n) is 3.79. The monoisotopic (exact) mass is 247 g/mol. The van der Waals surface area contributed by atoms with Crippen molar-refractivity contribution < 1.29 is 9.84 Å². The van der Waals surface area contributed by atoms with E-state index in [-0.39, 0.29) is 6.10 Å². The Balaban J connectivity index is 1.62. The number of benzene rings is 1. The third kappa shape index (κ3) is 3.03. The fourth-order valence-corrected chi connectivity index (χ4v) is 2.46. The lowest BCUT2D eigenvalue weighted by Gasteiger charge is -2.17. The summed E-state index contributed by atoms with van der Waals surface area (Å²) in [6.45, 7) is 3.52. The molecule has 0 radical (unpaired) electrons. The van der Waals surface area contributed by atoms with Crippen LogP contribution in [0.15, 0.2) is 24.3 Å². The SMILES string of the molecule is O[C@H]1CCN(Cc2ccccc2OCC2CC2)C1. The molecule has 2 fully saturated rings. The fraction of sp³-hybridized carbons (Fsp3) is 0.600. The Hall–Kier alpha value is -1.06. The second-order valence-electron chi connectivity index (χ2n) is 5.54. The average Bonchev–Trinajstić information content (AvgIpc) is 3.12. The molecule has 0 unspecified atom stereocenters. The lowest BCUT2D eigenvalue weighted by Crippen LogP contribution is -2.21. The first-order valence-corrected chi connectivity index (χ1v) is 6.92. The van der Waals surface area contributed by atoms with E-state index in [1.54, 1.807) is 0 Å². The number of para-hydroxylation sites is 1. The maximum absolute atomic E-state index is 9.56. The first-order valence-electron chi connectivity index (χ1n) is 6.92. The van der Waals surface area contributed by atoms with Crippen molar-refractivity contribution in [1.82, 2.24) is 4.90 Å². The molecule has 3 heteroatoms. The number of hydrogen-bond acceptors (Lipinski definition) is 3. The maximum Gasteiger partial charge on any atom is 0.123 e. The first kappa shape index (κ1) is 12.0. The van der Waals surface area contributed by atoms with Gasteiger partial charge in [0.15, 0.2) is 0 Å². The zero-order chi connectivity index (χ0) is 12.4. The van der Waals surface area contributed by atoms with Gasteiger partial charge in [-0.2, -0.15) is 0 Å². The minimum Gasteiger partial charge on any atom is -0.493 e. The van der Waals surface area contributed by atoms with E-state index in [1.807, 2.05) is 6.07 Å². The van der Waals surface area contributed by atoms with Gasteiger partial charge >= 0.3 is 0 Å². The summed E-state index contributed by atoms with van der Waals surface area (Å²) in [5, 5.41) is 9.56. The van der Waals surface area contributed by atoms with Crippen molar-refractivity contribution in [3.63, 3.8) is 0 Å². The number of likely N-dealkylation sites (tertiary alicyclic amines) is 1. The summed E-state index contributed by atoms with van der Waals surface area (Å²) in [5.74, 6) is 1.80. The van der Waals surface area contributed by atoms with Crippen LogP contribution in [0.2, 0.25) is 0 Å². The molecular formula is C15H21NO2. The zero-order valence-electron chi connectivity index (χ0n) is 10.7. The second kappa shape index (κ2) is 5.29. The molecule has 0 bridgehead atoms. The normalized spacial score (nSPS) is 24.4. The van der Waals surface area contributed by atoms with Crippen LogP contribution in [0.25, 0.3) is 0 Å². The molecule has 1 aromatic rings. The quantitative estimate of drug-likeness (QED) is 0.864. The molecule has 1 N–H and O–H groups in total. The van der Waals surface area contributed by atoms with Crippen LogP contribution in [0.3, 0.4) is 0 Å². The summed E-state index contributed by atoms with van der Waals surface area (Å²) in [6, 6.07) is 8.29. The Bertz CT molecular complexity index is 403. The van der Waals surface area contributed by atoms with E-state index in [2.05, 4.69) is 23.1 Å². The van der Waals surface area contributed by atoms with E-state index in [9.17, 15) is 5.11 Å². The Morgan fingerprint density at radius 3 is 2.78 bits per heavy atom. The lowest BCUT2D eigenvalue weighted by atomic mass is 10.2. The van der Waals surface area contributed by atoms with E-state index in [1.165, 1.54) is 18.4 Å². The Labute approximate surface area is 108 Å². The Kier molecular flexibility index (Phi) is 3.52. The molecule has 0 amide bonds. The number of aliphatic hydroxyl groups is 1. The molecule has 98 valence electrons. The largest absolute Gasteiger partial charge is 0.493 e. The molecule has 0 aromatic heterocycles. The number of nitrogens with zero attached hydrogens (tertiary/aromatic N) is 1. The molecule has 1 aliphatic heterocycles. The minimum atomic E-state index is -0.149. The van der Waals surface area contributed by atoms with Gasteiger partial charge in [0.25, 0.3) is 0 Å². The third-order valence-corrected chi connectivity index (χ3v) is 3.79. The predicted molar refractivity (Wildman–Crippen MR) is 70.6 cm³/mol. The van der Waals surface area contributed by atoms with Crippen LogP contribution < -0.4 is 4.74 Å². The maximum atomic E-state index is 9.56. The molecule has 1 atom stereocenters. The van der Waals surface area contributed by atoms with Gasteiger partial charge in [-0.15, -0.1) is 0 Å². The van der Waals surface area contributed by atoms with Gasteiger partial charge in [-0.1, -0.05) is 18.2 Å².